The molecule has 1 unspecified atom stereocenters. The summed E-state index contributed by atoms with van der Waals surface area (Å²) in [6, 6.07) is 9.85. The van der Waals surface area contributed by atoms with E-state index in [4.69, 9.17) is 0 Å². The van der Waals surface area contributed by atoms with Crippen LogP contribution in [0, 0.1) is 5.82 Å². The Morgan fingerprint density at radius 2 is 2.08 bits per heavy atom. The van der Waals surface area contributed by atoms with Gasteiger partial charge in [-0.25, -0.2) is 9.07 Å². The number of halogens is 1. The van der Waals surface area contributed by atoms with E-state index in [0.29, 0.717) is 6.54 Å². The molecule has 3 aromatic rings. The number of carbonyl (C=O) groups excluding carboxylic acids is 1. The zero-order valence-corrected chi connectivity index (χ0v) is 13.8. The minimum absolute atomic E-state index is 0.104. The van der Waals surface area contributed by atoms with Crippen LogP contribution in [-0.4, -0.2) is 25.9 Å². The highest BCUT2D eigenvalue weighted by Gasteiger charge is 2.17. The molecule has 2 aromatic heterocycles. The summed E-state index contributed by atoms with van der Waals surface area (Å²) < 4.78 is 14.7. The molecule has 2 heterocycles. The number of carbonyl (C=O) groups is 1. The molecule has 1 aromatic carbocycles. The van der Waals surface area contributed by atoms with Crippen LogP contribution in [0.5, 0.6) is 0 Å². The van der Waals surface area contributed by atoms with Crippen molar-refractivity contribution in [2.45, 2.75) is 25.9 Å². The van der Waals surface area contributed by atoms with Gasteiger partial charge in [0.05, 0.1) is 12.2 Å². The van der Waals surface area contributed by atoms with E-state index >= 15 is 0 Å². The molecule has 0 aliphatic rings. The Labute approximate surface area is 144 Å². The molecule has 1 amide bonds. The summed E-state index contributed by atoms with van der Waals surface area (Å²) in [5.41, 5.74) is 2.06. The first-order chi connectivity index (χ1) is 12.2. The number of hydrogen-bond acceptors (Lipinski definition) is 4. The van der Waals surface area contributed by atoms with Gasteiger partial charge in [-0.05, 0) is 35.7 Å². The Kier molecular flexibility index (Phi) is 5.13. The molecule has 0 radical (unpaired) electrons. The SMILES string of the molecule is CCC(c1ccc(F)cc1)n1cc(C(=O)NCc2cccnc2)nn1. The van der Waals surface area contributed by atoms with Crippen molar-refractivity contribution in [1.82, 2.24) is 25.3 Å². The average molecular weight is 339 g/mol. The van der Waals surface area contributed by atoms with Gasteiger partial charge in [0.25, 0.3) is 5.91 Å². The lowest BCUT2D eigenvalue weighted by molar-refractivity contribution is 0.0946. The highest BCUT2D eigenvalue weighted by atomic mass is 19.1. The first kappa shape index (κ1) is 16.8. The lowest BCUT2D eigenvalue weighted by atomic mass is 10.0. The largest absolute Gasteiger partial charge is 0.346 e. The number of hydrogen-bond donors (Lipinski definition) is 1. The Hall–Kier alpha value is -3.09. The average Bonchev–Trinajstić information content (AvgIpc) is 3.13. The maximum atomic E-state index is 13.1. The van der Waals surface area contributed by atoms with Crippen LogP contribution >= 0.6 is 0 Å². The molecule has 1 atom stereocenters. The Morgan fingerprint density at radius 3 is 2.76 bits per heavy atom. The van der Waals surface area contributed by atoms with Crippen molar-refractivity contribution >= 4 is 5.91 Å². The van der Waals surface area contributed by atoms with Crippen molar-refractivity contribution in [1.29, 1.82) is 0 Å². The summed E-state index contributed by atoms with van der Waals surface area (Å²) in [6.45, 7) is 2.37. The third-order valence-corrected chi connectivity index (χ3v) is 3.88. The van der Waals surface area contributed by atoms with Crippen molar-refractivity contribution in [3.05, 3.63) is 77.6 Å². The highest BCUT2D eigenvalue weighted by Crippen LogP contribution is 2.21. The zero-order valence-electron chi connectivity index (χ0n) is 13.8. The van der Waals surface area contributed by atoms with Crippen LogP contribution in [0.1, 0.15) is 41.0 Å². The van der Waals surface area contributed by atoms with Crippen molar-refractivity contribution < 1.29 is 9.18 Å². The van der Waals surface area contributed by atoms with Gasteiger partial charge in [-0.2, -0.15) is 0 Å². The molecule has 0 aliphatic heterocycles. The molecule has 25 heavy (non-hydrogen) atoms. The molecule has 3 rings (SSSR count). The van der Waals surface area contributed by atoms with Gasteiger partial charge in [0.1, 0.15) is 5.82 Å². The molecule has 128 valence electrons. The van der Waals surface area contributed by atoms with E-state index < -0.39 is 0 Å². The number of aromatic nitrogens is 4. The third-order valence-electron chi connectivity index (χ3n) is 3.88. The van der Waals surface area contributed by atoms with Gasteiger partial charge in [0.2, 0.25) is 0 Å². The maximum Gasteiger partial charge on any atom is 0.273 e. The van der Waals surface area contributed by atoms with Crippen LogP contribution in [0.25, 0.3) is 0 Å². The molecule has 0 aliphatic carbocycles. The Morgan fingerprint density at radius 1 is 1.28 bits per heavy atom. The van der Waals surface area contributed by atoms with Crippen LogP contribution in [-0.2, 0) is 6.54 Å². The fourth-order valence-corrected chi connectivity index (χ4v) is 2.57. The fraction of sp³-hybridized carbons (Fsp3) is 0.222. The second-order valence-electron chi connectivity index (χ2n) is 5.60. The predicted octanol–water partition coefficient (Wildman–Crippen LogP) is 2.74. The number of nitrogens with one attached hydrogen (secondary N) is 1. The van der Waals surface area contributed by atoms with Gasteiger partial charge in [-0.3, -0.25) is 9.78 Å². The molecule has 0 bridgehead atoms. The minimum atomic E-state index is -0.302. The van der Waals surface area contributed by atoms with Crippen molar-refractivity contribution in [2.24, 2.45) is 0 Å². The van der Waals surface area contributed by atoms with Gasteiger partial charge >= 0.3 is 0 Å². The molecule has 1 N–H and O–H groups in total. The lowest BCUT2D eigenvalue weighted by Gasteiger charge is -2.14. The Balaban J connectivity index is 1.70. The van der Waals surface area contributed by atoms with Gasteiger partial charge in [-0.15, -0.1) is 5.10 Å². The quantitative estimate of drug-likeness (QED) is 0.749. The molecule has 0 fully saturated rings. The second-order valence-corrected chi connectivity index (χ2v) is 5.60. The Bertz CT molecular complexity index is 832. The van der Waals surface area contributed by atoms with Crippen LogP contribution in [0.4, 0.5) is 4.39 Å². The monoisotopic (exact) mass is 339 g/mol. The van der Waals surface area contributed by atoms with Crippen LogP contribution in [0.15, 0.2) is 55.0 Å². The van der Waals surface area contributed by atoms with E-state index in [9.17, 15) is 9.18 Å². The molecular weight excluding hydrogens is 321 g/mol. The summed E-state index contributed by atoms with van der Waals surface area (Å²) >= 11 is 0. The normalized spacial score (nSPS) is 11.9. The molecule has 6 nitrogen and oxygen atoms in total. The van der Waals surface area contributed by atoms with Crippen LogP contribution in [0.3, 0.4) is 0 Å². The molecule has 0 spiro atoms. The van der Waals surface area contributed by atoms with Crippen LogP contribution in [0.2, 0.25) is 0 Å². The van der Waals surface area contributed by atoms with E-state index in [0.717, 1.165) is 17.5 Å². The zero-order chi connectivity index (χ0) is 17.6. The fourth-order valence-electron chi connectivity index (χ4n) is 2.57. The van der Waals surface area contributed by atoms with Gasteiger partial charge in [-0.1, -0.05) is 30.3 Å². The van der Waals surface area contributed by atoms with Crippen molar-refractivity contribution in [3.8, 4) is 0 Å². The number of amides is 1. The van der Waals surface area contributed by atoms with E-state index in [1.807, 2.05) is 19.1 Å². The first-order valence-corrected chi connectivity index (χ1v) is 8.01. The van der Waals surface area contributed by atoms with Crippen molar-refractivity contribution in [3.63, 3.8) is 0 Å². The van der Waals surface area contributed by atoms with E-state index in [-0.39, 0.29) is 23.5 Å². The summed E-state index contributed by atoms with van der Waals surface area (Å²) in [4.78, 5) is 16.2. The molecule has 0 saturated carbocycles. The van der Waals surface area contributed by atoms with E-state index in [1.54, 1.807) is 35.4 Å². The van der Waals surface area contributed by atoms with E-state index in [2.05, 4.69) is 20.6 Å². The van der Waals surface area contributed by atoms with E-state index in [1.165, 1.54) is 12.1 Å². The first-order valence-electron chi connectivity index (χ1n) is 8.01. The topological polar surface area (TPSA) is 72.7 Å². The third kappa shape index (κ3) is 4.06. The van der Waals surface area contributed by atoms with Gasteiger partial charge < -0.3 is 5.32 Å². The maximum absolute atomic E-state index is 13.1. The summed E-state index contributed by atoms with van der Waals surface area (Å²) in [6.07, 6.45) is 5.72. The molecular formula is C18H18FN5O. The highest BCUT2D eigenvalue weighted by molar-refractivity contribution is 5.91. The van der Waals surface area contributed by atoms with Crippen molar-refractivity contribution in [2.75, 3.05) is 0 Å². The van der Waals surface area contributed by atoms with Crippen LogP contribution < -0.4 is 5.32 Å². The predicted molar refractivity (Wildman–Crippen MR) is 90.3 cm³/mol. The minimum Gasteiger partial charge on any atom is -0.346 e. The number of pyridine rings is 1. The second kappa shape index (κ2) is 7.65. The number of nitrogens with zero attached hydrogens (tertiary/aromatic N) is 4. The smallest absolute Gasteiger partial charge is 0.273 e. The molecule has 0 saturated heterocycles. The molecule has 7 heteroatoms. The standard InChI is InChI=1S/C18H18FN5O/c1-2-17(14-5-7-15(19)8-6-14)24-12-16(22-23-24)18(25)21-11-13-4-3-9-20-10-13/h3-10,12,17H,2,11H2,1H3,(H,21,25). The summed E-state index contributed by atoms with van der Waals surface area (Å²) in [7, 11) is 0. The number of rotatable bonds is 6. The van der Waals surface area contributed by atoms with Gasteiger partial charge in [0.15, 0.2) is 5.69 Å². The summed E-state index contributed by atoms with van der Waals surface area (Å²) in [5.74, 6) is -0.586. The van der Waals surface area contributed by atoms with Gasteiger partial charge in [0, 0.05) is 18.9 Å². The summed E-state index contributed by atoms with van der Waals surface area (Å²) in [5, 5.41) is 10.8. The lowest BCUT2D eigenvalue weighted by Crippen LogP contribution is -2.23. The number of benzene rings is 1.